The summed E-state index contributed by atoms with van der Waals surface area (Å²) in [6.45, 7) is 4.55. The van der Waals surface area contributed by atoms with Crippen molar-refractivity contribution >= 4 is 10.9 Å². The van der Waals surface area contributed by atoms with E-state index < -0.39 is 0 Å². The van der Waals surface area contributed by atoms with Crippen LogP contribution in [0.1, 0.15) is 44.1 Å². The first-order valence-corrected chi connectivity index (χ1v) is 7.94. The molecule has 0 bridgehead atoms. The monoisotopic (exact) mass is 268 g/mol. The summed E-state index contributed by atoms with van der Waals surface area (Å²) in [5.41, 5.74) is 2.61. The molecule has 1 aliphatic carbocycles. The molecule has 0 saturated heterocycles. The van der Waals surface area contributed by atoms with Gasteiger partial charge in [0, 0.05) is 11.6 Å². The van der Waals surface area contributed by atoms with Crippen LogP contribution >= 0.6 is 0 Å². The number of rotatable bonds is 5. The first-order chi connectivity index (χ1) is 9.88. The summed E-state index contributed by atoms with van der Waals surface area (Å²) in [5.74, 6) is 1.53. The van der Waals surface area contributed by atoms with Gasteiger partial charge in [-0.25, -0.2) is 0 Å². The number of hydrogen-bond acceptors (Lipinski definition) is 2. The predicted molar refractivity (Wildman–Crippen MR) is 85.0 cm³/mol. The van der Waals surface area contributed by atoms with Crippen molar-refractivity contribution in [2.75, 3.05) is 13.1 Å². The van der Waals surface area contributed by atoms with E-state index in [1.807, 2.05) is 12.3 Å². The summed E-state index contributed by atoms with van der Waals surface area (Å²) < 4.78 is 0. The van der Waals surface area contributed by atoms with Crippen LogP contribution in [0.4, 0.5) is 0 Å². The second-order valence-electron chi connectivity index (χ2n) is 5.96. The average molecular weight is 268 g/mol. The number of benzene rings is 1. The van der Waals surface area contributed by atoms with Crippen molar-refractivity contribution < 1.29 is 0 Å². The average Bonchev–Trinajstić information content (AvgIpc) is 2.95. The molecule has 1 saturated carbocycles. The van der Waals surface area contributed by atoms with Gasteiger partial charge >= 0.3 is 0 Å². The molecule has 2 aromatic rings. The summed E-state index contributed by atoms with van der Waals surface area (Å²) in [6, 6.07) is 11.0. The number of hydrogen-bond donors (Lipinski definition) is 1. The van der Waals surface area contributed by atoms with Crippen LogP contribution < -0.4 is 5.32 Å². The van der Waals surface area contributed by atoms with Gasteiger partial charge in [0.15, 0.2) is 0 Å². The molecule has 2 nitrogen and oxygen atoms in total. The molecule has 2 unspecified atom stereocenters. The SMILES string of the molecule is CCCNCC1CCCC1c1ccc2ncccc2c1. The van der Waals surface area contributed by atoms with Gasteiger partial charge in [-0.15, -0.1) is 0 Å². The van der Waals surface area contributed by atoms with Crippen LogP contribution in [0.5, 0.6) is 0 Å². The third-order valence-electron chi connectivity index (χ3n) is 4.55. The van der Waals surface area contributed by atoms with Crippen LogP contribution in [0.25, 0.3) is 10.9 Å². The van der Waals surface area contributed by atoms with Crippen LogP contribution in [0.3, 0.4) is 0 Å². The summed E-state index contributed by atoms with van der Waals surface area (Å²) in [7, 11) is 0. The molecular weight excluding hydrogens is 244 g/mol. The Kier molecular flexibility index (Phi) is 4.31. The van der Waals surface area contributed by atoms with Crippen molar-refractivity contribution in [3.63, 3.8) is 0 Å². The van der Waals surface area contributed by atoms with E-state index in [2.05, 4.69) is 41.5 Å². The third-order valence-corrected chi connectivity index (χ3v) is 4.55. The maximum Gasteiger partial charge on any atom is 0.0702 e. The zero-order valence-electron chi connectivity index (χ0n) is 12.3. The van der Waals surface area contributed by atoms with E-state index in [1.54, 1.807) is 0 Å². The van der Waals surface area contributed by atoms with E-state index in [0.717, 1.165) is 23.9 Å². The Morgan fingerprint density at radius 1 is 1.25 bits per heavy atom. The number of fused-ring (bicyclic) bond motifs is 1. The van der Waals surface area contributed by atoms with Crippen LogP contribution in [-0.2, 0) is 0 Å². The molecule has 1 aliphatic rings. The minimum Gasteiger partial charge on any atom is -0.316 e. The van der Waals surface area contributed by atoms with Gasteiger partial charge in [0.2, 0.25) is 0 Å². The van der Waals surface area contributed by atoms with Crippen molar-refractivity contribution in [1.82, 2.24) is 10.3 Å². The molecule has 1 aromatic carbocycles. The molecular formula is C18H24N2. The molecule has 1 N–H and O–H groups in total. The Bertz CT molecular complexity index is 564. The van der Waals surface area contributed by atoms with E-state index >= 15 is 0 Å². The lowest BCUT2D eigenvalue weighted by Crippen LogP contribution is -2.25. The predicted octanol–water partition coefficient (Wildman–Crippen LogP) is 4.12. The Morgan fingerprint density at radius 2 is 2.20 bits per heavy atom. The molecule has 106 valence electrons. The molecule has 1 fully saturated rings. The fourth-order valence-electron chi connectivity index (χ4n) is 3.51. The van der Waals surface area contributed by atoms with E-state index in [9.17, 15) is 0 Å². The van der Waals surface area contributed by atoms with Gasteiger partial charge in [0.05, 0.1) is 5.52 Å². The first-order valence-electron chi connectivity index (χ1n) is 7.94. The van der Waals surface area contributed by atoms with Gasteiger partial charge in [-0.3, -0.25) is 4.98 Å². The molecule has 1 aromatic heterocycles. The topological polar surface area (TPSA) is 24.9 Å². The smallest absolute Gasteiger partial charge is 0.0702 e. The van der Waals surface area contributed by atoms with Crippen LogP contribution in [0, 0.1) is 5.92 Å². The van der Waals surface area contributed by atoms with E-state index in [4.69, 9.17) is 0 Å². The van der Waals surface area contributed by atoms with E-state index in [-0.39, 0.29) is 0 Å². The maximum absolute atomic E-state index is 4.42. The zero-order valence-corrected chi connectivity index (χ0v) is 12.3. The Labute approximate surface area is 121 Å². The van der Waals surface area contributed by atoms with Crippen LogP contribution in [-0.4, -0.2) is 18.1 Å². The summed E-state index contributed by atoms with van der Waals surface area (Å²) >= 11 is 0. The van der Waals surface area contributed by atoms with Crippen molar-refractivity contribution in [1.29, 1.82) is 0 Å². The number of aromatic nitrogens is 1. The Hall–Kier alpha value is -1.41. The van der Waals surface area contributed by atoms with Crippen molar-refractivity contribution in [3.8, 4) is 0 Å². The molecule has 0 spiro atoms. The lowest BCUT2D eigenvalue weighted by molar-refractivity contribution is 0.445. The van der Waals surface area contributed by atoms with Gasteiger partial charge in [0.25, 0.3) is 0 Å². The van der Waals surface area contributed by atoms with Crippen molar-refractivity contribution in [2.24, 2.45) is 5.92 Å². The second kappa shape index (κ2) is 6.36. The second-order valence-corrected chi connectivity index (χ2v) is 5.96. The maximum atomic E-state index is 4.42. The van der Waals surface area contributed by atoms with Gasteiger partial charge in [-0.2, -0.15) is 0 Å². The number of pyridine rings is 1. The van der Waals surface area contributed by atoms with Crippen molar-refractivity contribution in [3.05, 3.63) is 42.1 Å². The standard InChI is InChI=1S/C18H24N2/c1-2-10-19-13-16-5-3-7-17(16)14-8-9-18-15(12-14)6-4-11-20-18/h4,6,8-9,11-12,16-17,19H,2-3,5,7,10,13H2,1H3. The fraction of sp³-hybridized carbons (Fsp3) is 0.500. The largest absolute Gasteiger partial charge is 0.316 e. The Morgan fingerprint density at radius 3 is 3.10 bits per heavy atom. The summed E-state index contributed by atoms with van der Waals surface area (Å²) in [4.78, 5) is 4.42. The van der Waals surface area contributed by atoms with Gasteiger partial charge in [-0.1, -0.05) is 25.5 Å². The number of nitrogens with one attached hydrogen (secondary N) is 1. The highest BCUT2D eigenvalue weighted by molar-refractivity contribution is 5.79. The lowest BCUT2D eigenvalue weighted by Gasteiger charge is -2.21. The van der Waals surface area contributed by atoms with E-state index in [1.165, 1.54) is 43.2 Å². The zero-order chi connectivity index (χ0) is 13.8. The highest BCUT2D eigenvalue weighted by atomic mass is 14.9. The molecule has 2 atom stereocenters. The molecule has 1 heterocycles. The van der Waals surface area contributed by atoms with Crippen molar-refractivity contribution in [2.45, 2.75) is 38.5 Å². The normalized spacial score (nSPS) is 22.4. The Balaban J connectivity index is 1.78. The first kappa shape index (κ1) is 13.6. The fourth-order valence-corrected chi connectivity index (χ4v) is 3.51. The number of nitrogens with zero attached hydrogens (tertiary/aromatic N) is 1. The minimum atomic E-state index is 0.726. The van der Waals surface area contributed by atoms with Gasteiger partial charge in [0.1, 0.15) is 0 Å². The quantitative estimate of drug-likeness (QED) is 0.825. The van der Waals surface area contributed by atoms with Crippen LogP contribution in [0.2, 0.25) is 0 Å². The highest BCUT2D eigenvalue weighted by Crippen LogP contribution is 2.39. The summed E-state index contributed by atoms with van der Waals surface area (Å²) in [6.07, 6.45) is 7.17. The summed E-state index contributed by atoms with van der Waals surface area (Å²) in [5, 5.41) is 4.88. The molecule has 3 rings (SSSR count). The molecule has 0 aliphatic heterocycles. The molecule has 0 radical (unpaired) electrons. The third kappa shape index (κ3) is 2.85. The van der Waals surface area contributed by atoms with Gasteiger partial charge in [-0.05, 0) is 68.0 Å². The molecule has 20 heavy (non-hydrogen) atoms. The molecule has 2 heteroatoms. The minimum absolute atomic E-state index is 0.726. The van der Waals surface area contributed by atoms with E-state index in [0.29, 0.717) is 0 Å². The van der Waals surface area contributed by atoms with Crippen LogP contribution in [0.15, 0.2) is 36.5 Å². The lowest BCUT2D eigenvalue weighted by atomic mass is 9.88. The highest BCUT2D eigenvalue weighted by Gasteiger charge is 2.28. The molecule has 0 amide bonds. The van der Waals surface area contributed by atoms with Gasteiger partial charge < -0.3 is 5.32 Å².